The zero-order valence-corrected chi connectivity index (χ0v) is 11.5. The van der Waals surface area contributed by atoms with Crippen LogP contribution < -0.4 is 5.32 Å². The quantitative estimate of drug-likeness (QED) is 0.680. The van der Waals surface area contributed by atoms with Gasteiger partial charge in [-0.3, -0.25) is 4.79 Å². The summed E-state index contributed by atoms with van der Waals surface area (Å²) < 4.78 is 0. The molecule has 0 aromatic carbocycles. The van der Waals surface area contributed by atoms with E-state index in [1.165, 1.54) is 12.8 Å². The van der Waals surface area contributed by atoms with Gasteiger partial charge in [0.05, 0.1) is 0 Å². The highest BCUT2D eigenvalue weighted by Crippen LogP contribution is 2.29. The maximum Gasteiger partial charge on any atom is 0.323 e. The Hall–Kier alpha value is -0.610. The summed E-state index contributed by atoms with van der Waals surface area (Å²) in [6, 6.07) is 0.974. The minimum absolute atomic E-state index is 0.299. The van der Waals surface area contributed by atoms with Crippen molar-refractivity contribution in [3.63, 3.8) is 0 Å². The van der Waals surface area contributed by atoms with E-state index in [1.54, 1.807) is 6.92 Å². The number of nitrogens with one attached hydrogen (secondary N) is 1. The van der Waals surface area contributed by atoms with Gasteiger partial charge in [0.25, 0.3) is 0 Å². The van der Waals surface area contributed by atoms with Gasteiger partial charge >= 0.3 is 5.97 Å². The van der Waals surface area contributed by atoms with E-state index in [9.17, 15) is 9.90 Å². The average molecular weight is 242 g/mol. The third-order valence-corrected chi connectivity index (χ3v) is 3.76. The van der Waals surface area contributed by atoms with Gasteiger partial charge in [0, 0.05) is 12.1 Å². The van der Waals surface area contributed by atoms with E-state index in [4.69, 9.17) is 0 Å². The smallest absolute Gasteiger partial charge is 0.323 e. The molecule has 0 aromatic heterocycles. The Kier molecular flexibility index (Phi) is 4.95. The van der Waals surface area contributed by atoms with Crippen molar-refractivity contribution in [3.05, 3.63) is 0 Å². The minimum Gasteiger partial charge on any atom is -0.480 e. The van der Waals surface area contributed by atoms with Crippen LogP contribution in [0.1, 0.15) is 46.5 Å². The fourth-order valence-corrected chi connectivity index (χ4v) is 2.21. The van der Waals surface area contributed by atoms with Gasteiger partial charge in [0.1, 0.15) is 5.54 Å². The van der Waals surface area contributed by atoms with Crippen molar-refractivity contribution in [1.29, 1.82) is 0 Å². The van der Waals surface area contributed by atoms with Gasteiger partial charge < -0.3 is 15.3 Å². The number of hydrogen-bond donors (Lipinski definition) is 2. The molecule has 1 rings (SSSR count). The molecule has 0 saturated heterocycles. The monoisotopic (exact) mass is 242 g/mol. The first-order valence-electron chi connectivity index (χ1n) is 6.61. The van der Waals surface area contributed by atoms with E-state index in [-0.39, 0.29) is 0 Å². The van der Waals surface area contributed by atoms with Crippen LogP contribution in [-0.2, 0) is 4.79 Å². The van der Waals surface area contributed by atoms with Crippen LogP contribution in [0.4, 0.5) is 0 Å². The number of hydrogen-bond acceptors (Lipinski definition) is 3. The third-order valence-electron chi connectivity index (χ3n) is 3.76. The molecule has 100 valence electrons. The van der Waals surface area contributed by atoms with Crippen LogP contribution in [0, 0.1) is 0 Å². The molecule has 0 spiro atoms. The van der Waals surface area contributed by atoms with Crippen molar-refractivity contribution in [3.8, 4) is 0 Å². The second-order valence-corrected chi connectivity index (χ2v) is 5.51. The lowest BCUT2D eigenvalue weighted by atomic mass is 9.92. The van der Waals surface area contributed by atoms with E-state index in [0.29, 0.717) is 18.5 Å². The maximum atomic E-state index is 11.4. The Labute approximate surface area is 104 Å². The average Bonchev–Trinajstić information content (AvgIpc) is 3.08. The fraction of sp³-hybridized carbons (Fsp3) is 0.923. The van der Waals surface area contributed by atoms with Gasteiger partial charge in [0.15, 0.2) is 0 Å². The summed E-state index contributed by atoms with van der Waals surface area (Å²) in [7, 11) is 2.10. The first-order valence-corrected chi connectivity index (χ1v) is 6.61. The Morgan fingerprint density at radius 3 is 2.59 bits per heavy atom. The van der Waals surface area contributed by atoms with Gasteiger partial charge in [-0.15, -0.1) is 0 Å². The van der Waals surface area contributed by atoms with Gasteiger partial charge in [-0.2, -0.15) is 0 Å². The van der Waals surface area contributed by atoms with E-state index in [2.05, 4.69) is 31.1 Å². The number of nitrogens with zero attached hydrogens (tertiary/aromatic N) is 1. The molecule has 0 radical (unpaired) electrons. The van der Waals surface area contributed by atoms with Crippen LogP contribution in [0.3, 0.4) is 0 Å². The molecule has 0 aliphatic heterocycles. The highest BCUT2D eigenvalue weighted by Gasteiger charge is 2.37. The zero-order chi connectivity index (χ0) is 13.1. The van der Waals surface area contributed by atoms with Crippen LogP contribution in [0.2, 0.25) is 0 Å². The SMILES string of the molecule is CCCNC(C)(CC(C)N(C)C1CC1)C(=O)O. The molecule has 4 heteroatoms. The number of carboxylic acid groups (broad SMARTS) is 1. The Balaban J connectivity index is 2.55. The molecule has 2 unspecified atom stereocenters. The number of carboxylic acids is 1. The normalized spacial score (nSPS) is 21.2. The molecule has 0 bridgehead atoms. The van der Waals surface area contributed by atoms with Crippen LogP contribution in [0.25, 0.3) is 0 Å². The van der Waals surface area contributed by atoms with Gasteiger partial charge in [-0.1, -0.05) is 6.92 Å². The largest absolute Gasteiger partial charge is 0.480 e. The molecule has 1 aliphatic carbocycles. The fourth-order valence-electron chi connectivity index (χ4n) is 2.21. The van der Waals surface area contributed by atoms with Crippen molar-refractivity contribution < 1.29 is 9.90 Å². The minimum atomic E-state index is -0.807. The molecule has 0 heterocycles. The van der Waals surface area contributed by atoms with Crippen LogP contribution >= 0.6 is 0 Å². The molecule has 4 nitrogen and oxygen atoms in total. The summed E-state index contributed by atoms with van der Waals surface area (Å²) in [5.41, 5.74) is -0.807. The lowest BCUT2D eigenvalue weighted by Gasteiger charge is -2.33. The number of aliphatic carboxylic acids is 1. The molecule has 0 amide bonds. The van der Waals surface area contributed by atoms with Crippen molar-refractivity contribution in [2.24, 2.45) is 0 Å². The first-order chi connectivity index (χ1) is 7.90. The van der Waals surface area contributed by atoms with Gasteiger partial charge in [-0.25, -0.2) is 0 Å². The number of carbonyl (C=O) groups is 1. The van der Waals surface area contributed by atoms with Crippen molar-refractivity contribution in [2.45, 2.75) is 64.1 Å². The van der Waals surface area contributed by atoms with E-state index in [1.807, 2.05) is 0 Å². The maximum absolute atomic E-state index is 11.4. The molecule has 2 N–H and O–H groups in total. The summed E-state index contributed by atoms with van der Waals surface area (Å²) in [5.74, 6) is -0.748. The molecule has 1 aliphatic rings. The molecule has 1 fully saturated rings. The molecular formula is C13H26N2O2. The van der Waals surface area contributed by atoms with E-state index in [0.717, 1.165) is 13.0 Å². The van der Waals surface area contributed by atoms with E-state index >= 15 is 0 Å². The summed E-state index contributed by atoms with van der Waals surface area (Å²) in [5, 5.41) is 12.5. The Morgan fingerprint density at radius 2 is 2.18 bits per heavy atom. The Bertz CT molecular complexity index is 266. The lowest BCUT2D eigenvalue weighted by molar-refractivity contribution is -0.145. The first kappa shape index (κ1) is 14.5. The van der Waals surface area contributed by atoms with E-state index < -0.39 is 11.5 Å². The second kappa shape index (κ2) is 5.83. The van der Waals surface area contributed by atoms with Crippen molar-refractivity contribution in [1.82, 2.24) is 10.2 Å². The molecular weight excluding hydrogens is 216 g/mol. The molecule has 17 heavy (non-hydrogen) atoms. The van der Waals surface area contributed by atoms with Gasteiger partial charge in [0.2, 0.25) is 0 Å². The summed E-state index contributed by atoms with van der Waals surface area (Å²) in [6.07, 6.45) is 4.12. The van der Waals surface area contributed by atoms with Crippen LogP contribution in [0.5, 0.6) is 0 Å². The molecule has 1 saturated carbocycles. The third kappa shape index (κ3) is 3.96. The standard InChI is InChI=1S/C13H26N2O2/c1-5-8-14-13(3,12(16)17)9-10(2)15(4)11-6-7-11/h10-11,14H,5-9H2,1-4H3,(H,16,17). The molecule has 2 atom stereocenters. The second-order valence-electron chi connectivity index (χ2n) is 5.51. The summed E-state index contributed by atoms with van der Waals surface area (Å²) in [4.78, 5) is 13.7. The van der Waals surface area contributed by atoms with Crippen molar-refractivity contribution >= 4 is 5.97 Å². The predicted molar refractivity (Wildman–Crippen MR) is 69.2 cm³/mol. The highest BCUT2D eigenvalue weighted by molar-refractivity contribution is 5.78. The molecule has 0 aromatic rings. The predicted octanol–water partition coefficient (Wildman–Crippen LogP) is 1.70. The van der Waals surface area contributed by atoms with Crippen LogP contribution in [-0.4, -0.2) is 47.2 Å². The van der Waals surface area contributed by atoms with Crippen LogP contribution in [0.15, 0.2) is 0 Å². The number of rotatable bonds is 8. The zero-order valence-electron chi connectivity index (χ0n) is 11.5. The summed E-state index contributed by atoms with van der Waals surface area (Å²) >= 11 is 0. The topological polar surface area (TPSA) is 52.6 Å². The lowest BCUT2D eigenvalue weighted by Crippen LogP contribution is -2.53. The van der Waals surface area contributed by atoms with Crippen molar-refractivity contribution in [2.75, 3.05) is 13.6 Å². The summed E-state index contributed by atoms with van der Waals surface area (Å²) in [6.45, 7) is 6.72. The highest BCUT2D eigenvalue weighted by atomic mass is 16.4. The van der Waals surface area contributed by atoms with Gasteiger partial charge in [-0.05, 0) is 53.1 Å². The Morgan fingerprint density at radius 1 is 1.59 bits per heavy atom.